The summed E-state index contributed by atoms with van der Waals surface area (Å²) in [6.45, 7) is 0. The van der Waals surface area contributed by atoms with E-state index in [-0.39, 0.29) is 21.4 Å². The lowest BCUT2D eigenvalue weighted by Gasteiger charge is -2.05. The molecule has 0 aliphatic heterocycles. The van der Waals surface area contributed by atoms with Crippen molar-refractivity contribution in [3.8, 4) is 0 Å². The van der Waals surface area contributed by atoms with Crippen molar-refractivity contribution < 1.29 is 9.18 Å². The van der Waals surface area contributed by atoms with Crippen molar-refractivity contribution in [3.05, 3.63) is 69.5 Å². The number of hydrogen-bond donors (Lipinski definition) is 0. The zero-order valence-electron chi connectivity index (χ0n) is 8.58. The highest BCUT2D eigenvalue weighted by atomic mass is 35.5. The van der Waals surface area contributed by atoms with E-state index in [1.165, 1.54) is 24.3 Å². The number of rotatable bonds is 2. The van der Waals surface area contributed by atoms with Crippen LogP contribution < -0.4 is 0 Å². The van der Waals surface area contributed by atoms with Crippen LogP contribution in [0.5, 0.6) is 0 Å². The van der Waals surface area contributed by atoms with Gasteiger partial charge < -0.3 is 0 Å². The van der Waals surface area contributed by atoms with Gasteiger partial charge in [-0.2, -0.15) is 0 Å². The van der Waals surface area contributed by atoms with Gasteiger partial charge in [0.15, 0.2) is 5.78 Å². The van der Waals surface area contributed by atoms with Gasteiger partial charge in [-0.1, -0.05) is 29.3 Å². The van der Waals surface area contributed by atoms with Crippen molar-refractivity contribution in [3.63, 3.8) is 0 Å². The maximum atomic E-state index is 12.7. The molecule has 0 spiro atoms. The van der Waals surface area contributed by atoms with E-state index in [2.05, 4.69) is 0 Å². The van der Waals surface area contributed by atoms with E-state index in [0.717, 1.165) is 0 Å². The molecule has 0 fully saturated rings. The highest BCUT2D eigenvalue weighted by molar-refractivity contribution is 6.41. The second kappa shape index (κ2) is 4.86. The third-order valence-corrected chi connectivity index (χ3v) is 2.93. The molecule has 0 amide bonds. The van der Waals surface area contributed by atoms with Gasteiger partial charge in [0.05, 0.1) is 15.6 Å². The highest BCUT2D eigenvalue weighted by Gasteiger charge is 2.16. The molecule has 0 heterocycles. The van der Waals surface area contributed by atoms with E-state index in [1.807, 2.05) is 0 Å². The van der Waals surface area contributed by atoms with Crippen LogP contribution in [0, 0.1) is 5.82 Å². The summed E-state index contributed by atoms with van der Waals surface area (Å²) in [5.74, 6) is -0.715. The van der Waals surface area contributed by atoms with E-state index in [4.69, 9.17) is 23.2 Å². The van der Waals surface area contributed by atoms with Crippen LogP contribution >= 0.6 is 23.2 Å². The van der Waals surface area contributed by atoms with Gasteiger partial charge in [-0.3, -0.25) is 4.79 Å². The fourth-order valence-corrected chi connectivity index (χ4v) is 2.03. The Morgan fingerprint density at radius 1 is 0.941 bits per heavy atom. The van der Waals surface area contributed by atoms with Crippen LogP contribution in [0.4, 0.5) is 4.39 Å². The third-order valence-electron chi connectivity index (χ3n) is 2.30. The van der Waals surface area contributed by atoms with Crippen LogP contribution in [-0.2, 0) is 0 Å². The SMILES string of the molecule is O=C(c1ccc(F)cc1)c1c(Cl)cccc1Cl. The summed E-state index contributed by atoms with van der Waals surface area (Å²) in [5.41, 5.74) is 0.587. The maximum absolute atomic E-state index is 12.7. The van der Waals surface area contributed by atoms with E-state index in [9.17, 15) is 9.18 Å². The summed E-state index contributed by atoms with van der Waals surface area (Å²) >= 11 is 11.9. The van der Waals surface area contributed by atoms with Gasteiger partial charge in [-0.25, -0.2) is 4.39 Å². The van der Waals surface area contributed by atoms with Crippen LogP contribution in [-0.4, -0.2) is 5.78 Å². The lowest BCUT2D eigenvalue weighted by atomic mass is 10.0. The van der Waals surface area contributed by atoms with Gasteiger partial charge in [0, 0.05) is 5.56 Å². The number of hydrogen-bond acceptors (Lipinski definition) is 1. The molecular weight excluding hydrogens is 262 g/mol. The standard InChI is InChI=1S/C13H7Cl2FO/c14-10-2-1-3-11(15)12(10)13(17)8-4-6-9(16)7-5-8/h1-7H. The van der Waals surface area contributed by atoms with Crippen LogP contribution in [0.2, 0.25) is 10.0 Å². The maximum Gasteiger partial charge on any atom is 0.196 e. The smallest absolute Gasteiger partial charge is 0.196 e. The molecule has 2 aromatic carbocycles. The van der Waals surface area contributed by atoms with E-state index in [0.29, 0.717) is 5.56 Å². The van der Waals surface area contributed by atoms with Crippen molar-refractivity contribution in [2.45, 2.75) is 0 Å². The normalized spacial score (nSPS) is 10.3. The average Bonchev–Trinajstić information content (AvgIpc) is 2.29. The van der Waals surface area contributed by atoms with E-state index >= 15 is 0 Å². The van der Waals surface area contributed by atoms with Gasteiger partial charge in [0.1, 0.15) is 5.82 Å². The van der Waals surface area contributed by atoms with Crippen molar-refractivity contribution in [1.82, 2.24) is 0 Å². The number of carbonyl (C=O) groups is 1. The molecule has 0 radical (unpaired) electrons. The van der Waals surface area contributed by atoms with Crippen LogP contribution in [0.1, 0.15) is 15.9 Å². The first kappa shape index (κ1) is 12.1. The quantitative estimate of drug-likeness (QED) is 0.740. The van der Waals surface area contributed by atoms with Gasteiger partial charge in [0.2, 0.25) is 0 Å². The number of ketones is 1. The van der Waals surface area contributed by atoms with Crippen LogP contribution in [0.3, 0.4) is 0 Å². The molecule has 86 valence electrons. The second-order valence-electron chi connectivity index (χ2n) is 3.43. The van der Waals surface area contributed by atoms with Gasteiger partial charge in [-0.15, -0.1) is 0 Å². The Hall–Kier alpha value is -1.38. The molecule has 0 unspecified atom stereocenters. The molecule has 0 N–H and O–H groups in total. The monoisotopic (exact) mass is 268 g/mol. The minimum atomic E-state index is -0.396. The van der Waals surface area contributed by atoms with Crippen molar-refractivity contribution in [1.29, 1.82) is 0 Å². The number of carbonyl (C=O) groups excluding carboxylic acids is 1. The largest absolute Gasteiger partial charge is 0.288 e. The molecule has 0 aliphatic carbocycles. The van der Waals surface area contributed by atoms with E-state index in [1.54, 1.807) is 18.2 Å². The van der Waals surface area contributed by atoms with Crippen molar-refractivity contribution >= 4 is 29.0 Å². The third kappa shape index (κ3) is 2.48. The van der Waals surface area contributed by atoms with Crippen molar-refractivity contribution in [2.75, 3.05) is 0 Å². The number of halogens is 3. The molecule has 0 saturated heterocycles. The van der Waals surface area contributed by atoms with E-state index < -0.39 is 5.82 Å². The molecule has 0 aliphatic rings. The van der Waals surface area contributed by atoms with Gasteiger partial charge in [-0.05, 0) is 36.4 Å². The molecular formula is C13H7Cl2FO. The second-order valence-corrected chi connectivity index (χ2v) is 4.25. The topological polar surface area (TPSA) is 17.1 Å². The molecule has 2 aromatic rings. The molecule has 0 aromatic heterocycles. The lowest BCUT2D eigenvalue weighted by Crippen LogP contribution is -2.03. The fourth-order valence-electron chi connectivity index (χ4n) is 1.46. The Bertz CT molecular complexity index is 544. The summed E-state index contributed by atoms with van der Waals surface area (Å²) in [6, 6.07) is 10.1. The summed E-state index contributed by atoms with van der Waals surface area (Å²) in [4.78, 5) is 12.1. The van der Waals surface area contributed by atoms with Crippen LogP contribution in [0.15, 0.2) is 42.5 Å². The summed E-state index contributed by atoms with van der Waals surface area (Å²) in [5, 5.41) is 0.568. The molecule has 0 bridgehead atoms. The van der Waals surface area contributed by atoms with Crippen molar-refractivity contribution in [2.24, 2.45) is 0 Å². The summed E-state index contributed by atoms with van der Waals surface area (Å²) < 4.78 is 12.7. The molecule has 0 saturated carbocycles. The molecule has 0 atom stereocenters. The number of benzene rings is 2. The highest BCUT2D eigenvalue weighted by Crippen LogP contribution is 2.26. The Labute approximate surface area is 108 Å². The zero-order valence-corrected chi connectivity index (χ0v) is 10.1. The Morgan fingerprint density at radius 3 is 2.00 bits per heavy atom. The Kier molecular flexibility index (Phi) is 3.46. The average molecular weight is 269 g/mol. The Morgan fingerprint density at radius 2 is 1.47 bits per heavy atom. The molecule has 1 nitrogen and oxygen atoms in total. The first-order chi connectivity index (χ1) is 8.09. The summed E-state index contributed by atoms with van der Waals surface area (Å²) in [6.07, 6.45) is 0. The van der Waals surface area contributed by atoms with Gasteiger partial charge in [0.25, 0.3) is 0 Å². The predicted molar refractivity (Wildman–Crippen MR) is 66.3 cm³/mol. The fraction of sp³-hybridized carbons (Fsp3) is 0. The predicted octanol–water partition coefficient (Wildman–Crippen LogP) is 4.36. The zero-order chi connectivity index (χ0) is 12.4. The first-order valence-corrected chi connectivity index (χ1v) is 5.59. The first-order valence-electron chi connectivity index (χ1n) is 4.84. The minimum absolute atomic E-state index is 0.238. The minimum Gasteiger partial charge on any atom is -0.288 e. The molecule has 17 heavy (non-hydrogen) atoms. The lowest BCUT2D eigenvalue weighted by molar-refractivity contribution is 0.103. The molecule has 2 rings (SSSR count). The summed E-state index contributed by atoms with van der Waals surface area (Å²) in [7, 11) is 0. The van der Waals surface area contributed by atoms with Crippen LogP contribution in [0.25, 0.3) is 0 Å². The molecule has 4 heteroatoms. The van der Waals surface area contributed by atoms with Gasteiger partial charge >= 0.3 is 0 Å². The Balaban J connectivity index is 2.47.